The molecule has 2 aliphatic heterocycles. The summed E-state index contributed by atoms with van der Waals surface area (Å²) in [5, 5.41) is 13.9. The Bertz CT molecular complexity index is 1460. The molecule has 1 amide bonds. The van der Waals surface area contributed by atoms with Crippen molar-refractivity contribution in [2.45, 2.75) is 50.7 Å². The van der Waals surface area contributed by atoms with Crippen molar-refractivity contribution >= 4 is 23.2 Å². The first-order valence-electron chi connectivity index (χ1n) is 14.0. The highest BCUT2D eigenvalue weighted by molar-refractivity contribution is 6.29. The number of carbonyl (C=O) groups is 1. The van der Waals surface area contributed by atoms with Crippen LogP contribution in [0.25, 0.3) is 11.3 Å². The summed E-state index contributed by atoms with van der Waals surface area (Å²) in [6.45, 7) is 3.98. The number of nitrogens with zero attached hydrogens (tertiary/aromatic N) is 5. The largest absolute Gasteiger partial charge is 0.488 e. The van der Waals surface area contributed by atoms with Gasteiger partial charge in [0.15, 0.2) is 17.1 Å². The summed E-state index contributed by atoms with van der Waals surface area (Å²) in [7, 11) is 1.98. The van der Waals surface area contributed by atoms with Gasteiger partial charge in [-0.15, -0.1) is 0 Å². The van der Waals surface area contributed by atoms with E-state index >= 15 is 0 Å². The Morgan fingerprint density at radius 1 is 1.16 bits per heavy atom. The van der Waals surface area contributed by atoms with E-state index in [2.05, 4.69) is 20.2 Å². The lowest BCUT2D eigenvalue weighted by Crippen LogP contribution is -2.47. The van der Waals surface area contributed by atoms with E-state index in [9.17, 15) is 23.1 Å². The molecule has 10 nitrogen and oxygen atoms in total. The predicted molar refractivity (Wildman–Crippen MR) is 153 cm³/mol. The van der Waals surface area contributed by atoms with Crippen LogP contribution in [0.1, 0.15) is 42.4 Å². The summed E-state index contributed by atoms with van der Waals surface area (Å²) in [6, 6.07) is 9.25. The minimum atomic E-state index is -4.76. The Kier molecular flexibility index (Phi) is 9.23. The second-order valence-electron chi connectivity index (χ2n) is 10.5. The van der Waals surface area contributed by atoms with E-state index < -0.39 is 35.9 Å². The number of hydrogen-bond acceptors (Lipinski definition) is 9. The van der Waals surface area contributed by atoms with Crippen LogP contribution in [0.5, 0.6) is 11.6 Å². The van der Waals surface area contributed by atoms with E-state index in [1.54, 1.807) is 35.4 Å². The molecule has 0 spiro atoms. The van der Waals surface area contributed by atoms with Gasteiger partial charge in [0.05, 0.1) is 23.6 Å². The molecule has 0 saturated carbocycles. The topological polar surface area (TPSA) is 113 Å². The minimum absolute atomic E-state index is 0.0206. The summed E-state index contributed by atoms with van der Waals surface area (Å²) < 4.78 is 51.9. The molecule has 3 aromatic heterocycles. The number of pyridine rings is 3. The molecule has 3 aromatic rings. The third-order valence-electron chi connectivity index (χ3n) is 7.37. The van der Waals surface area contributed by atoms with Crippen LogP contribution in [0, 0.1) is 0 Å². The molecule has 230 valence electrons. The summed E-state index contributed by atoms with van der Waals surface area (Å²) in [5.41, 5.74) is 0.351. The first-order valence-corrected chi connectivity index (χ1v) is 14.3. The van der Waals surface area contributed by atoms with Crippen LogP contribution in [0.3, 0.4) is 0 Å². The lowest BCUT2D eigenvalue weighted by molar-refractivity contribution is -0.143. The van der Waals surface area contributed by atoms with Crippen LogP contribution in [0.2, 0.25) is 5.15 Å². The number of nitrogens with one attached hydrogen (secondary N) is 1. The third kappa shape index (κ3) is 7.11. The first kappa shape index (κ1) is 30.8. The molecule has 0 aliphatic carbocycles. The van der Waals surface area contributed by atoms with Gasteiger partial charge in [0.2, 0.25) is 5.88 Å². The number of ether oxygens (including phenoxy) is 2. The van der Waals surface area contributed by atoms with E-state index in [0.29, 0.717) is 36.0 Å². The van der Waals surface area contributed by atoms with Crippen LogP contribution < -0.4 is 19.7 Å². The quantitative estimate of drug-likeness (QED) is 0.354. The fraction of sp³-hybridized carbons (Fsp3) is 0.448. The zero-order valence-corrected chi connectivity index (χ0v) is 24.4. The van der Waals surface area contributed by atoms with Gasteiger partial charge in [-0.3, -0.25) is 4.79 Å². The molecule has 3 atom stereocenters. The molecule has 5 rings (SSSR count). The number of aliphatic hydroxyl groups is 1. The average molecular weight is 621 g/mol. The monoisotopic (exact) mass is 620 g/mol. The smallest absolute Gasteiger partial charge is 0.437 e. The lowest BCUT2D eigenvalue weighted by atomic mass is 10.0. The molecule has 43 heavy (non-hydrogen) atoms. The molecule has 0 unspecified atom stereocenters. The normalized spacial score (nSPS) is 21.1. The highest BCUT2D eigenvalue weighted by Crippen LogP contribution is 2.38. The predicted octanol–water partition coefficient (Wildman–Crippen LogP) is 4.41. The Morgan fingerprint density at radius 3 is 2.67 bits per heavy atom. The number of carbonyl (C=O) groups excluding carboxylic acids is 1. The maximum absolute atomic E-state index is 13.6. The minimum Gasteiger partial charge on any atom is -0.488 e. The van der Waals surface area contributed by atoms with Crippen LogP contribution >= 0.6 is 11.6 Å². The maximum atomic E-state index is 13.6. The van der Waals surface area contributed by atoms with E-state index in [-0.39, 0.29) is 36.3 Å². The number of rotatable bonds is 8. The number of amides is 1. The standard InChI is InChI=1S/C29H32ClF3N6O4/c1-3-42-28-19(5-4-12-34-28)20-6-7-21(25(36-20)27(41)35-17-10-13-38(2)16-17)39-14-11-18(15-24(39)40)43-22-8-9-23(30)37-26(22)29(31,32)33/h4-9,12,17-18,24,40H,3,10-11,13-16H2,1-2H3,(H,35,41)/t17-,18-,24-/m1/s1. The van der Waals surface area contributed by atoms with Crippen molar-refractivity contribution in [3.05, 3.63) is 59.1 Å². The molecule has 2 saturated heterocycles. The van der Waals surface area contributed by atoms with Crippen LogP contribution in [0.4, 0.5) is 18.9 Å². The van der Waals surface area contributed by atoms with Crippen molar-refractivity contribution in [2.24, 2.45) is 0 Å². The summed E-state index contributed by atoms with van der Waals surface area (Å²) >= 11 is 5.69. The second kappa shape index (κ2) is 12.9. The average Bonchev–Trinajstić information content (AvgIpc) is 3.38. The van der Waals surface area contributed by atoms with Gasteiger partial charge < -0.3 is 29.7 Å². The SMILES string of the molecule is CCOc1ncccc1-c1ccc(N2CC[C@@H](Oc3ccc(Cl)nc3C(F)(F)F)C[C@H]2O)c(C(=O)N[C@@H]2CCN(C)C2)n1. The van der Waals surface area contributed by atoms with Gasteiger partial charge in [-0.2, -0.15) is 13.2 Å². The molecule has 2 N–H and O–H groups in total. The molecule has 0 aromatic carbocycles. The van der Waals surface area contributed by atoms with Crippen molar-refractivity contribution in [1.82, 2.24) is 25.2 Å². The number of aromatic nitrogens is 3. The number of likely N-dealkylation sites (N-methyl/N-ethyl adjacent to an activating group) is 1. The Labute approximate surface area is 251 Å². The number of hydrogen-bond donors (Lipinski definition) is 2. The molecule has 5 heterocycles. The van der Waals surface area contributed by atoms with Crippen LogP contribution in [-0.4, -0.2) is 82.5 Å². The Balaban J connectivity index is 1.41. The van der Waals surface area contributed by atoms with Crippen LogP contribution in [-0.2, 0) is 6.18 Å². The molecular formula is C29H32ClF3N6O4. The molecular weight excluding hydrogens is 589 g/mol. The highest BCUT2D eigenvalue weighted by Gasteiger charge is 2.39. The number of halogens is 4. The van der Waals surface area contributed by atoms with Gasteiger partial charge in [-0.25, -0.2) is 15.0 Å². The molecule has 0 radical (unpaired) electrons. The van der Waals surface area contributed by atoms with Gasteiger partial charge in [-0.05, 0) is 63.3 Å². The van der Waals surface area contributed by atoms with Crippen LogP contribution in [0.15, 0.2) is 42.6 Å². The summed E-state index contributed by atoms with van der Waals surface area (Å²) in [6.07, 6.45) is -4.02. The fourth-order valence-electron chi connectivity index (χ4n) is 5.35. The molecule has 0 bridgehead atoms. The summed E-state index contributed by atoms with van der Waals surface area (Å²) in [4.78, 5) is 29.8. The van der Waals surface area contributed by atoms with Gasteiger partial charge >= 0.3 is 6.18 Å². The van der Waals surface area contributed by atoms with Gasteiger partial charge in [-0.1, -0.05) is 11.6 Å². The lowest BCUT2D eigenvalue weighted by Gasteiger charge is -2.38. The van der Waals surface area contributed by atoms with Gasteiger partial charge in [0.1, 0.15) is 17.5 Å². The van der Waals surface area contributed by atoms with Crippen molar-refractivity contribution in [1.29, 1.82) is 0 Å². The zero-order valence-electron chi connectivity index (χ0n) is 23.6. The molecule has 14 heteroatoms. The van der Waals surface area contributed by atoms with E-state index in [1.165, 1.54) is 6.07 Å². The second-order valence-corrected chi connectivity index (χ2v) is 10.9. The van der Waals surface area contributed by atoms with Gasteiger partial charge in [0.25, 0.3) is 5.91 Å². The van der Waals surface area contributed by atoms with Gasteiger partial charge in [0, 0.05) is 38.2 Å². The number of piperidine rings is 1. The number of alkyl halides is 3. The number of likely N-dealkylation sites (tertiary alicyclic amines) is 1. The van der Waals surface area contributed by atoms with Crippen molar-refractivity contribution < 1.29 is 32.5 Å². The van der Waals surface area contributed by atoms with E-state index in [1.807, 2.05) is 14.0 Å². The first-order chi connectivity index (χ1) is 20.5. The molecule has 2 aliphatic rings. The fourth-order valence-corrected chi connectivity index (χ4v) is 5.49. The van der Waals surface area contributed by atoms with E-state index in [4.69, 9.17) is 26.1 Å². The van der Waals surface area contributed by atoms with E-state index in [0.717, 1.165) is 19.0 Å². The van der Waals surface area contributed by atoms with Crippen molar-refractivity contribution in [3.8, 4) is 22.9 Å². The molecule has 2 fully saturated rings. The van der Waals surface area contributed by atoms with Crippen molar-refractivity contribution in [2.75, 3.05) is 38.2 Å². The highest BCUT2D eigenvalue weighted by atomic mass is 35.5. The third-order valence-corrected chi connectivity index (χ3v) is 7.58. The number of aliphatic hydroxyl groups excluding tert-OH is 1. The van der Waals surface area contributed by atoms with Crippen molar-refractivity contribution in [3.63, 3.8) is 0 Å². The number of anilines is 1. The Hall–Kier alpha value is -3.68. The Morgan fingerprint density at radius 2 is 1.98 bits per heavy atom. The maximum Gasteiger partial charge on any atom is 0.437 e. The summed E-state index contributed by atoms with van der Waals surface area (Å²) in [5.74, 6) is -0.481. The zero-order chi connectivity index (χ0) is 30.7.